The first-order chi connectivity index (χ1) is 13.5. The van der Waals surface area contributed by atoms with Gasteiger partial charge in [0.05, 0.1) is 11.0 Å². The van der Waals surface area contributed by atoms with Gasteiger partial charge >= 0.3 is 11.9 Å². The zero-order valence-corrected chi connectivity index (χ0v) is 16.9. The largest absolute Gasteiger partial charge is 0.491 e. The summed E-state index contributed by atoms with van der Waals surface area (Å²) in [6.07, 6.45) is 2.81. The quantitative estimate of drug-likeness (QED) is 0.242. The number of benzene rings is 1. The highest BCUT2D eigenvalue weighted by atomic mass is 16.6. The van der Waals surface area contributed by atoms with Crippen molar-refractivity contribution in [3.63, 3.8) is 0 Å². The molecule has 0 radical (unpaired) electrons. The molecule has 1 aromatic carbocycles. The number of aliphatic hydroxyl groups is 1. The molecule has 0 saturated heterocycles. The average Bonchev–Trinajstić information content (AvgIpc) is 2.65. The van der Waals surface area contributed by atoms with Crippen LogP contribution < -0.4 is 10.1 Å². The second kappa shape index (κ2) is 14.3. The molecule has 0 amide bonds. The van der Waals surface area contributed by atoms with Crippen LogP contribution in [0.25, 0.3) is 0 Å². The summed E-state index contributed by atoms with van der Waals surface area (Å²) in [5.74, 6) is -2.54. The Morgan fingerprint density at radius 1 is 1.17 bits per heavy atom. The zero-order chi connectivity index (χ0) is 22.4. The van der Waals surface area contributed by atoms with E-state index in [2.05, 4.69) is 26.1 Å². The Labute approximate surface area is 169 Å². The SMILES string of the molecule is CC(C)CCCC(C)NCC(O)COc1cccc([N+](=O)[O-])c1.O=C(O)C(=O)O. The summed E-state index contributed by atoms with van der Waals surface area (Å²) in [6, 6.07) is 6.32. The molecule has 4 N–H and O–H groups in total. The van der Waals surface area contributed by atoms with Gasteiger partial charge in [0.1, 0.15) is 18.5 Å². The van der Waals surface area contributed by atoms with E-state index in [9.17, 15) is 15.2 Å². The van der Waals surface area contributed by atoms with Gasteiger partial charge in [0.15, 0.2) is 0 Å². The van der Waals surface area contributed by atoms with Gasteiger partial charge in [-0.25, -0.2) is 9.59 Å². The average molecular weight is 414 g/mol. The van der Waals surface area contributed by atoms with Crippen LogP contribution in [0.1, 0.15) is 40.0 Å². The van der Waals surface area contributed by atoms with E-state index in [0.29, 0.717) is 18.3 Å². The summed E-state index contributed by atoms with van der Waals surface area (Å²) in [7, 11) is 0. The second-order valence-corrected chi connectivity index (χ2v) is 6.96. The molecular weight excluding hydrogens is 384 g/mol. The zero-order valence-electron chi connectivity index (χ0n) is 16.9. The first-order valence-electron chi connectivity index (χ1n) is 9.27. The molecule has 2 unspecified atom stereocenters. The number of hydrogen-bond donors (Lipinski definition) is 4. The summed E-state index contributed by atoms with van der Waals surface area (Å²) in [6.45, 7) is 7.08. The van der Waals surface area contributed by atoms with Crippen molar-refractivity contribution in [1.82, 2.24) is 5.32 Å². The van der Waals surface area contributed by atoms with E-state index >= 15 is 0 Å². The van der Waals surface area contributed by atoms with E-state index in [1.807, 2.05) is 0 Å². The molecule has 1 rings (SSSR count). The Balaban J connectivity index is 0.00000113. The highest BCUT2D eigenvalue weighted by Crippen LogP contribution is 2.19. The van der Waals surface area contributed by atoms with Gasteiger partial charge < -0.3 is 25.4 Å². The predicted molar refractivity (Wildman–Crippen MR) is 106 cm³/mol. The maximum absolute atomic E-state index is 10.7. The molecule has 10 heteroatoms. The maximum atomic E-state index is 10.7. The fraction of sp³-hybridized carbons (Fsp3) is 0.579. The maximum Gasteiger partial charge on any atom is 0.414 e. The van der Waals surface area contributed by atoms with Crippen molar-refractivity contribution in [3.05, 3.63) is 34.4 Å². The van der Waals surface area contributed by atoms with Gasteiger partial charge in [-0.2, -0.15) is 0 Å². The van der Waals surface area contributed by atoms with Crippen molar-refractivity contribution >= 4 is 17.6 Å². The minimum Gasteiger partial charge on any atom is -0.491 e. The lowest BCUT2D eigenvalue weighted by atomic mass is 10.0. The van der Waals surface area contributed by atoms with Gasteiger partial charge in [-0.15, -0.1) is 0 Å². The Kier molecular flexibility index (Phi) is 13.0. The first kappa shape index (κ1) is 26.3. The predicted octanol–water partition coefficient (Wildman–Crippen LogP) is 2.29. The molecule has 29 heavy (non-hydrogen) atoms. The van der Waals surface area contributed by atoms with Crippen molar-refractivity contribution in [1.29, 1.82) is 0 Å². The molecule has 2 atom stereocenters. The number of nitro benzene ring substituents is 1. The van der Waals surface area contributed by atoms with E-state index < -0.39 is 23.0 Å². The van der Waals surface area contributed by atoms with Crippen LogP contribution in [-0.2, 0) is 9.59 Å². The van der Waals surface area contributed by atoms with E-state index in [0.717, 1.165) is 12.3 Å². The molecule has 0 fully saturated rings. The van der Waals surface area contributed by atoms with Crippen LogP contribution in [0.2, 0.25) is 0 Å². The summed E-state index contributed by atoms with van der Waals surface area (Å²) in [5.41, 5.74) is -0.0195. The second-order valence-electron chi connectivity index (χ2n) is 6.96. The molecule has 10 nitrogen and oxygen atoms in total. The van der Waals surface area contributed by atoms with Gasteiger partial charge in [-0.3, -0.25) is 10.1 Å². The third-order valence-electron chi connectivity index (χ3n) is 3.77. The molecule has 0 bridgehead atoms. The summed E-state index contributed by atoms with van der Waals surface area (Å²) in [5, 5.41) is 38.7. The smallest absolute Gasteiger partial charge is 0.414 e. The number of ether oxygens (including phenoxy) is 1. The van der Waals surface area contributed by atoms with Gasteiger partial charge in [-0.05, 0) is 25.3 Å². The van der Waals surface area contributed by atoms with Crippen LogP contribution in [0, 0.1) is 16.0 Å². The van der Waals surface area contributed by atoms with Crippen molar-refractivity contribution < 1.29 is 34.6 Å². The summed E-state index contributed by atoms with van der Waals surface area (Å²) < 4.78 is 5.41. The number of nitro groups is 1. The molecule has 164 valence electrons. The van der Waals surface area contributed by atoms with E-state index in [1.165, 1.54) is 25.0 Å². The van der Waals surface area contributed by atoms with Crippen LogP contribution in [-0.4, -0.2) is 57.5 Å². The van der Waals surface area contributed by atoms with Crippen LogP contribution in [0.15, 0.2) is 24.3 Å². The van der Waals surface area contributed by atoms with Gasteiger partial charge in [0.25, 0.3) is 5.69 Å². The number of aliphatic hydroxyl groups excluding tert-OH is 1. The van der Waals surface area contributed by atoms with Crippen LogP contribution in [0.5, 0.6) is 5.75 Å². The number of nitrogens with zero attached hydrogens (tertiary/aromatic N) is 1. The summed E-state index contributed by atoms with van der Waals surface area (Å²) >= 11 is 0. The monoisotopic (exact) mass is 414 g/mol. The Morgan fingerprint density at radius 2 is 1.79 bits per heavy atom. The number of non-ortho nitro benzene ring substituents is 1. The lowest BCUT2D eigenvalue weighted by Crippen LogP contribution is -2.36. The normalized spacial score (nSPS) is 12.4. The van der Waals surface area contributed by atoms with Gasteiger partial charge in [0.2, 0.25) is 0 Å². The van der Waals surface area contributed by atoms with E-state index in [-0.39, 0.29) is 12.3 Å². The van der Waals surface area contributed by atoms with Crippen LogP contribution in [0.3, 0.4) is 0 Å². The standard InChI is InChI=1S/C17H28N2O4.C2H2O4/c1-13(2)6-4-7-14(3)18-11-16(20)12-23-17-9-5-8-15(10-17)19(21)22;3-1(4)2(5)6/h5,8-10,13-14,16,18,20H,4,6-7,11-12H2,1-3H3;(H,3,4)(H,5,6). The van der Waals surface area contributed by atoms with Gasteiger partial charge in [0, 0.05) is 18.7 Å². The molecule has 0 heterocycles. The molecule has 1 aromatic rings. The van der Waals surface area contributed by atoms with Crippen molar-refractivity contribution in [2.75, 3.05) is 13.2 Å². The van der Waals surface area contributed by atoms with E-state index in [4.69, 9.17) is 24.5 Å². The van der Waals surface area contributed by atoms with Crippen LogP contribution in [0.4, 0.5) is 5.69 Å². The Morgan fingerprint density at radius 3 is 2.31 bits per heavy atom. The number of carbonyl (C=O) groups is 2. The van der Waals surface area contributed by atoms with Crippen molar-refractivity contribution in [3.8, 4) is 5.75 Å². The number of hydrogen-bond acceptors (Lipinski definition) is 7. The van der Waals surface area contributed by atoms with Crippen molar-refractivity contribution in [2.45, 2.75) is 52.2 Å². The number of rotatable bonds is 11. The Hall–Kier alpha value is -2.72. The number of carboxylic acid groups (broad SMARTS) is 2. The number of aliphatic carboxylic acids is 2. The molecule has 0 aliphatic rings. The highest BCUT2D eigenvalue weighted by Gasteiger charge is 2.10. The summed E-state index contributed by atoms with van der Waals surface area (Å²) in [4.78, 5) is 28.4. The fourth-order valence-corrected chi connectivity index (χ4v) is 2.21. The molecule has 0 aliphatic heterocycles. The molecule has 0 aliphatic carbocycles. The molecule has 0 saturated carbocycles. The molecular formula is C19H30N2O8. The fourth-order valence-electron chi connectivity index (χ4n) is 2.21. The molecule has 0 spiro atoms. The third-order valence-corrected chi connectivity index (χ3v) is 3.77. The van der Waals surface area contributed by atoms with Gasteiger partial charge in [-0.1, -0.05) is 32.8 Å². The Bertz CT molecular complexity index is 639. The number of nitrogens with one attached hydrogen (secondary N) is 1. The minimum atomic E-state index is -1.82. The number of carboxylic acids is 2. The lowest BCUT2D eigenvalue weighted by molar-refractivity contribution is -0.384. The van der Waals surface area contributed by atoms with Crippen molar-refractivity contribution in [2.24, 2.45) is 5.92 Å². The first-order valence-corrected chi connectivity index (χ1v) is 9.27. The topological polar surface area (TPSA) is 159 Å². The van der Waals surface area contributed by atoms with E-state index in [1.54, 1.807) is 12.1 Å². The minimum absolute atomic E-state index is 0.0195. The lowest BCUT2D eigenvalue weighted by Gasteiger charge is -2.18. The third kappa shape index (κ3) is 14.0. The highest BCUT2D eigenvalue weighted by molar-refractivity contribution is 6.27. The van der Waals surface area contributed by atoms with Crippen LogP contribution >= 0.6 is 0 Å². The molecule has 0 aromatic heterocycles.